The van der Waals surface area contributed by atoms with Gasteiger partial charge in [0.25, 0.3) is 5.56 Å². The maximum atomic E-state index is 14.4. The van der Waals surface area contributed by atoms with Crippen LogP contribution in [-0.4, -0.2) is 49.3 Å². The highest BCUT2D eigenvalue weighted by Gasteiger charge is 2.36. The topological polar surface area (TPSA) is 122 Å². The molecule has 1 N–H and O–H groups in total. The second kappa shape index (κ2) is 11.6. The number of aromatic nitrogens is 5. The number of nitrogens with zero attached hydrogens (tertiary/aromatic N) is 5. The van der Waals surface area contributed by atoms with Crippen LogP contribution >= 0.6 is 11.3 Å². The molecule has 1 aromatic carbocycles. The lowest BCUT2D eigenvalue weighted by Gasteiger charge is -2.29. The molecule has 0 radical (unpaired) electrons. The second-order valence-corrected chi connectivity index (χ2v) is 11.8. The van der Waals surface area contributed by atoms with Crippen LogP contribution in [0.1, 0.15) is 58.8 Å². The first-order valence-electron chi connectivity index (χ1n) is 13.2. The van der Waals surface area contributed by atoms with E-state index in [1.807, 2.05) is 13.8 Å². The zero-order valence-corrected chi connectivity index (χ0v) is 25.2. The van der Waals surface area contributed by atoms with Gasteiger partial charge in [0.05, 0.1) is 37.5 Å². The number of hydrogen-bond donors (Lipinski definition) is 1. The number of benzene rings is 1. The van der Waals surface area contributed by atoms with Crippen molar-refractivity contribution in [2.45, 2.75) is 78.8 Å². The lowest BCUT2D eigenvalue weighted by atomic mass is 10.0. The summed E-state index contributed by atoms with van der Waals surface area (Å²) in [5.41, 5.74) is -1.91. The summed E-state index contributed by atoms with van der Waals surface area (Å²) in [4.78, 5) is 43.3. The Bertz CT molecular complexity index is 1690. The fourth-order valence-corrected chi connectivity index (χ4v) is 5.93. The Balaban J connectivity index is 2.05. The summed E-state index contributed by atoms with van der Waals surface area (Å²) in [6.07, 6.45) is 1.88. The Morgan fingerprint density at radius 3 is 2.39 bits per heavy atom. The molecule has 13 heteroatoms. The third-order valence-electron chi connectivity index (χ3n) is 6.65. The normalized spacial score (nSPS) is 12.9. The highest BCUT2D eigenvalue weighted by atomic mass is 32.1. The molecular formula is C28H35FN6O5S. The fraction of sp³-hybridized carbons (Fsp3) is 0.464. The Kier molecular flexibility index (Phi) is 8.50. The van der Waals surface area contributed by atoms with Gasteiger partial charge in [-0.1, -0.05) is 11.3 Å². The predicted molar refractivity (Wildman–Crippen MR) is 155 cm³/mol. The molecule has 41 heavy (non-hydrogen) atoms. The van der Waals surface area contributed by atoms with Gasteiger partial charge in [0, 0.05) is 17.2 Å². The first kappa shape index (κ1) is 30.1. The van der Waals surface area contributed by atoms with E-state index in [2.05, 4.69) is 15.5 Å². The van der Waals surface area contributed by atoms with Gasteiger partial charge in [-0.05, 0) is 66.7 Å². The minimum Gasteiger partial charge on any atom is -0.496 e. The Morgan fingerprint density at radius 1 is 1.15 bits per heavy atom. The second-order valence-electron chi connectivity index (χ2n) is 10.8. The number of ether oxygens (including phenoxy) is 2. The maximum absolute atomic E-state index is 14.4. The number of carbonyl (C=O) groups excluding carboxylic acids is 1. The number of aryl methyl sites for hydroxylation is 1. The summed E-state index contributed by atoms with van der Waals surface area (Å²) >= 11 is 1.17. The molecule has 0 aliphatic heterocycles. The summed E-state index contributed by atoms with van der Waals surface area (Å²) in [6.45, 7) is 12.0. The summed E-state index contributed by atoms with van der Waals surface area (Å²) in [6, 6.07) is 3.87. The van der Waals surface area contributed by atoms with Gasteiger partial charge >= 0.3 is 5.69 Å². The highest BCUT2D eigenvalue weighted by Crippen LogP contribution is 2.34. The van der Waals surface area contributed by atoms with E-state index in [0.29, 0.717) is 26.7 Å². The molecule has 0 unspecified atom stereocenters. The average Bonchev–Trinajstić information content (AvgIpc) is 3.53. The number of thiophene rings is 1. The molecule has 0 aliphatic carbocycles. The van der Waals surface area contributed by atoms with Gasteiger partial charge in [0.2, 0.25) is 5.91 Å². The maximum Gasteiger partial charge on any atom is 0.333 e. The first-order valence-corrected chi connectivity index (χ1v) is 14.1. The molecule has 0 fully saturated rings. The van der Waals surface area contributed by atoms with E-state index in [0.717, 1.165) is 4.57 Å². The zero-order chi connectivity index (χ0) is 30.2. The molecular weight excluding hydrogens is 551 g/mol. The number of amides is 1. The van der Waals surface area contributed by atoms with Crippen molar-refractivity contribution in [3.63, 3.8) is 0 Å². The molecule has 3 aromatic heterocycles. The van der Waals surface area contributed by atoms with Crippen LogP contribution in [0.5, 0.6) is 5.75 Å². The van der Waals surface area contributed by atoms with Gasteiger partial charge in [-0.15, -0.1) is 4.80 Å². The zero-order valence-electron chi connectivity index (χ0n) is 24.4. The third kappa shape index (κ3) is 5.68. The molecule has 0 saturated carbocycles. The summed E-state index contributed by atoms with van der Waals surface area (Å²) in [5.74, 6) is -0.595. The van der Waals surface area contributed by atoms with Gasteiger partial charge in [0.1, 0.15) is 33.0 Å². The standard InChI is InChI=1S/C28H35FN6O5S/c1-15(2)32-26(37)28(6,7)34-23(36)22-17(5)24(35-30-11-12-31-35)41-25(22)33(27(34)38)14-21(40-16(3)4)19-13-18(29)9-10-20(19)39-8/h9-13,15-16,21H,14H2,1-8H3,(H,32,37)/t21-/m0/s1. The van der Waals surface area contributed by atoms with Crippen LogP contribution < -0.4 is 21.3 Å². The Morgan fingerprint density at radius 2 is 1.80 bits per heavy atom. The molecule has 3 heterocycles. The van der Waals surface area contributed by atoms with E-state index in [1.54, 1.807) is 20.8 Å². The van der Waals surface area contributed by atoms with E-state index >= 15 is 0 Å². The van der Waals surface area contributed by atoms with E-state index in [-0.39, 0.29) is 24.1 Å². The number of methoxy groups -OCH3 is 1. The van der Waals surface area contributed by atoms with Crippen molar-refractivity contribution in [2.75, 3.05) is 7.11 Å². The summed E-state index contributed by atoms with van der Waals surface area (Å²) < 4.78 is 28.5. The minimum atomic E-state index is -1.54. The molecule has 220 valence electrons. The largest absolute Gasteiger partial charge is 0.496 e. The number of carbonyl (C=O) groups is 1. The molecule has 0 saturated heterocycles. The van der Waals surface area contributed by atoms with Crippen LogP contribution in [0, 0.1) is 12.7 Å². The molecule has 0 bridgehead atoms. The number of nitrogens with one attached hydrogen (secondary N) is 1. The summed E-state index contributed by atoms with van der Waals surface area (Å²) in [5, 5.41) is 12.0. The number of halogens is 1. The monoisotopic (exact) mass is 586 g/mol. The van der Waals surface area contributed by atoms with Crippen LogP contribution in [0.3, 0.4) is 0 Å². The van der Waals surface area contributed by atoms with Crippen LogP contribution in [0.25, 0.3) is 15.2 Å². The lowest BCUT2D eigenvalue weighted by molar-refractivity contribution is -0.129. The molecule has 4 aromatic rings. The Labute approximate surface area is 240 Å². The number of fused-ring (bicyclic) bond motifs is 1. The number of rotatable bonds is 10. The number of hydrogen-bond acceptors (Lipinski definition) is 8. The Hall–Kier alpha value is -3.84. The average molecular weight is 587 g/mol. The summed E-state index contributed by atoms with van der Waals surface area (Å²) in [7, 11) is 1.47. The fourth-order valence-electron chi connectivity index (χ4n) is 4.71. The van der Waals surface area contributed by atoms with Crippen molar-refractivity contribution in [1.29, 1.82) is 0 Å². The van der Waals surface area contributed by atoms with Gasteiger partial charge in [-0.2, -0.15) is 10.2 Å². The molecule has 1 atom stereocenters. The van der Waals surface area contributed by atoms with Crippen molar-refractivity contribution >= 4 is 27.5 Å². The molecule has 11 nitrogen and oxygen atoms in total. The third-order valence-corrected chi connectivity index (χ3v) is 7.93. The van der Waals surface area contributed by atoms with Crippen LogP contribution in [0.15, 0.2) is 40.2 Å². The lowest BCUT2D eigenvalue weighted by Crippen LogP contribution is -2.56. The smallest absolute Gasteiger partial charge is 0.333 e. The van der Waals surface area contributed by atoms with E-state index in [1.165, 1.54) is 72.3 Å². The van der Waals surface area contributed by atoms with Gasteiger partial charge < -0.3 is 14.8 Å². The first-order chi connectivity index (χ1) is 19.3. The van der Waals surface area contributed by atoms with Gasteiger partial charge in [-0.3, -0.25) is 14.2 Å². The minimum absolute atomic E-state index is 0.0958. The van der Waals surface area contributed by atoms with Crippen molar-refractivity contribution in [1.82, 2.24) is 29.4 Å². The molecule has 1 amide bonds. The molecule has 0 spiro atoms. The predicted octanol–water partition coefficient (Wildman–Crippen LogP) is 3.69. The van der Waals surface area contributed by atoms with Crippen molar-refractivity contribution in [3.05, 3.63) is 68.4 Å². The van der Waals surface area contributed by atoms with E-state index in [4.69, 9.17) is 9.47 Å². The quantitative estimate of drug-likeness (QED) is 0.301. The van der Waals surface area contributed by atoms with Crippen LogP contribution in [0.2, 0.25) is 0 Å². The van der Waals surface area contributed by atoms with E-state index in [9.17, 15) is 18.8 Å². The molecule has 0 aliphatic rings. The van der Waals surface area contributed by atoms with Gasteiger partial charge in [-0.25, -0.2) is 13.8 Å². The van der Waals surface area contributed by atoms with Crippen LogP contribution in [-0.2, 0) is 21.6 Å². The van der Waals surface area contributed by atoms with Crippen molar-refractivity contribution in [2.24, 2.45) is 0 Å². The van der Waals surface area contributed by atoms with Gasteiger partial charge in [0.15, 0.2) is 0 Å². The SMILES string of the molecule is COc1ccc(F)cc1[C@H](Cn1c(=O)n(C(C)(C)C(=O)NC(C)C)c(=O)c2c(C)c(-n3nccn3)sc21)OC(C)C. The highest BCUT2D eigenvalue weighted by molar-refractivity contribution is 7.21. The van der Waals surface area contributed by atoms with Crippen molar-refractivity contribution < 1.29 is 18.7 Å². The van der Waals surface area contributed by atoms with E-state index < -0.39 is 34.6 Å². The van der Waals surface area contributed by atoms with Crippen LogP contribution in [0.4, 0.5) is 4.39 Å². The van der Waals surface area contributed by atoms with Crippen molar-refractivity contribution in [3.8, 4) is 10.8 Å². The molecule has 4 rings (SSSR count).